The zero-order chi connectivity index (χ0) is 16.5. The lowest BCUT2D eigenvalue weighted by atomic mass is 10.2. The predicted molar refractivity (Wildman–Crippen MR) is 75.2 cm³/mol. The van der Waals surface area contributed by atoms with Crippen molar-refractivity contribution in [2.24, 2.45) is 0 Å². The van der Waals surface area contributed by atoms with Gasteiger partial charge in [0.25, 0.3) is 0 Å². The number of H-pyrrole nitrogens is 1. The number of aliphatic hydroxyl groups excluding tert-OH is 1. The molecule has 10 heteroatoms. The maximum absolute atomic E-state index is 12.1. The summed E-state index contributed by atoms with van der Waals surface area (Å²) in [5.74, 6) is 0. The predicted octanol–water partition coefficient (Wildman–Crippen LogP) is 2.41. The Morgan fingerprint density at radius 1 is 1.36 bits per heavy atom. The van der Waals surface area contributed by atoms with Crippen LogP contribution >= 0.6 is 11.6 Å². The van der Waals surface area contributed by atoms with Gasteiger partial charge in [0.05, 0.1) is 12.5 Å². The quantitative estimate of drug-likeness (QED) is 0.769. The van der Waals surface area contributed by atoms with Crippen LogP contribution in [0.5, 0.6) is 0 Å². The normalized spacial score (nSPS) is 14.4. The molecule has 2 aromatic rings. The van der Waals surface area contributed by atoms with Crippen molar-refractivity contribution in [3.05, 3.63) is 29.4 Å². The lowest BCUT2D eigenvalue weighted by Crippen LogP contribution is -2.34. The maximum atomic E-state index is 12.1. The van der Waals surface area contributed by atoms with Crippen LogP contribution in [-0.4, -0.2) is 37.3 Å². The second-order valence-electron chi connectivity index (χ2n) is 4.67. The summed E-state index contributed by atoms with van der Waals surface area (Å²) in [5, 5.41) is 9.98. The van der Waals surface area contributed by atoms with E-state index in [1.165, 1.54) is 24.4 Å². The molecular weight excluding hydrogens is 345 g/mol. The summed E-state index contributed by atoms with van der Waals surface area (Å²) in [6.45, 7) is -0.734. The van der Waals surface area contributed by atoms with Crippen LogP contribution < -0.4 is 4.72 Å². The third-order valence-corrected chi connectivity index (χ3v) is 4.57. The van der Waals surface area contributed by atoms with Gasteiger partial charge >= 0.3 is 6.18 Å². The molecule has 0 saturated carbocycles. The first-order valence-electron chi connectivity index (χ1n) is 6.09. The van der Waals surface area contributed by atoms with Gasteiger partial charge < -0.3 is 10.1 Å². The minimum Gasteiger partial charge on any atom is -0.391 e. The van der Waals surface area contributed by atoms with Crippen LogP contribution in [0.2, 0.25) is 5.02 Å². The Balaban J connectivity index is 2.16. The van der Waals surface area contributed by atoms with Gasteiger partial charge in [0.15, 0.2) is 0 Å². The number of fused-ring (bicyclic) bond motifs is 1. The Labute approximate surface area is 129 Å². The molecule has 1 aromatic carbocycles. The van der Waals surface area contributed by atoms with Gasteiger partial charge in [0.1, 0.15) is 4.90 Å². The number of aromatic amines is 1. The van der Waals surface area contributed by atoms with Crippen LogP contribution in [0.25, 0.3) is 10.9 Å². The van der Waals surface area contributed by atoms with Crippen LogP contribution in [0, 0.1) is 0 Å². The Hall–Kier alpha value is -1.29. The minimum atomic E-state index is -4.57. The lowest BCUT2D eigenvalue weighted by Gasteiger charge is -2.13. The van der Waals surface area contributed by atoms with Crippen molar-refractivity contribution < 1.29 is 26.7 Å². The Kier molecular flexibility index (Phi) is 4.71. The number of hydrogen-bond acceptors (Lipinski definition) is 3. The Bertz CT molecular complexity index is 774. The van der Waals surface area contributed by atoms with Crippen molar-refractivity contribution in [1.29, 1.82) is 0 Å². The van der Waals surface area contributed by atoms with Crippen molar-refractivity contribution in [3.8, 4) is 0 Å². The average molecular weight is 357 g/mol. The first-order valence-corrected chi connectivity index (χ1v) is 7.96. The molecule has 0 amide bonds. The highest BCUT2D eigenvalue weighted by molar-refractivity contribution is 7.89. The number of aromatic nitrogens is 1. The second-order valence-corrected chi connectivity index (χ2v) is 6.84. The van der Waals surface area contributed by atoms with Gasteiger partial charge in [-0.25, -0.2) is 13.1 Å². The molecule has 5 nitrogen and oxygen atoms in total. The number of sulfonamides is 1. The highest BCUT2D eigenvalue weighted by Crippen LogP contribution is 2.25. The first-order chi connectivity index (χ1) is 10.1. The van der Waals surface area contributed by atoms with Crippen molar-refractivity contribution in [2.45, 2.75) is 23.6 Å². The third kappa shape index (κ3) is 4.13. The summed E-state index contributed by atoms with van der Waals surface area (Å²) in [5.41, 5.74) is 0.476. The average Bonchev–Trinajstić information content (AvgIpc) is 2.78. The molecule has 0 radical (unpaired) electrons. The SMILES string of the molecule is O=S(=O)(NCC(O)CC(F)(F)F)c1c[nH]c2cc(Cl)ccc12. The molecule has 0 fully saturated rings. The van der Waals surface area contributed by atoms with Crippen LogP contribution in [0.3, 0.4) is 0 Å². The fourth-order valence-electron chi connectivity index (χ4n) is 1.92. The van der Waals surface area contributed by atoms with Gasteiger partial charge in [-0.05, 0) is 18.2 Å². The highest BCUT2D eigenvalue weighted by Gasteiger charge is 2.31. The van der Waals surface area contributed by atoms with Crippen LogP contribution in [0.4, 0.5) is 13.2 Å². The molecule has 0 aliphatic heterocycles. The van der Waals surface area contributed by atoms with E-state index < -0.39 is 35.3 Å². The van der Waals surface area contributed by atoms with E-state index in [1.54, 1.807) is 0 Å². The van der Waals surface area contributed by atoms with Crippen molar-refractivity contribution in [1.82, 2.24) is 9.71 Å². The van der Waals surface area contributed by atoms with E-state index in [4.69, 9.17) is 11.6 Å². The molecule has 1 heterocycles. The summed E-state index contributed by atoms with van der Waals surface area (Å²) >= 11 is 5.78. The molecule has 0 bridgehead atoms. The van der Waals surface area contributed by atoms with E-state index in [0.29, 0.717) is 15.9 Å². The van der Waals surface area contributed by atoms with E-state index in [2.05, 4.69) is 4.98 Å². The van der Waals surface area contributed by atoms with Gasteiger partial charge in [0.2, 0.25) is 10.0 Å². The number of benzene rings is 1. The smallest absolute Gasteiger partial charge is 0.391 e. The van der Waals surface area contributed by atoms with Crippen molar-refractivity contribution >= 4 is 32.5 Å². The summed E-state index contributed by atoms with van der Waals surface area (Å²) < 4.78 is 62.4. The zero-order valence-electron chi connectivity index (χ0n) is 11.0. The monoisotopic (exact) mass is 356 g/mol. The molecule has 2 rings (SSSR count). The molecule has 122 valence electrons. The number of rotatable bonds is 5. The summed E-state index contributed by atoms with van der Waals surface area (Å²) in [6.07, 6.45) is -6.70. The maximum Gasteiger partial charge on any atom is 0.391 e. The molecule has 0 aliphatic carbocycles. The van der Waals surface area contributed by atoms with Crippen LogP contribution in [0.1, 0.15) is 6.42 Å². The number of aliphatic hydroxyl groups is 1. The second kappa shape index (κ2) is 6.07. The Morgan fingerprint density at radius 3 is 2.68 bits per heavy atom. The molecule has 1 atom stereocenters. The number of nitrogens with one attached hydrogen (secondary N) is 2. The number of halogens is 4. The van der Waals surface area contributed by atoms with Gasteiger partial charge in [-0.2, -0.15) is 13.2 Å². The fraction of sp³-hybridized carbons (Fsp3) is 0.333. The van der Waals surface area contributed by atoms with Crippen LogP contribution in [0.15, 0.2) is 29.3 Å². The topological polar surface area (TPSA) is 82.2 Å². The molecular formula is C12H12ClF3N2O3S. The highest BCUT2D eigenvalue weighted by atomic mass is 35.5. The molecule has 1 unspecified atom stereocenters. The van der Waals surface area contributed by atoms with E-state index >= 15 is 0 Å². The van der Waals surface area contributed by atoms with Gasteiger partial charge in [-0.3, -0.25) is 0 Å². The van der Waals surface area contributed by atoms with Crippen LogP contribution in [-0.2, 0) is 10.0 Å². The molecule has 0 saturated heterocycles. The standard InChI is InChI=1S/C12H12ClF3N2O3S/c13-7-1-2-9-10(3-7)17-6-11(9)22(20,21)18-5-8(19)4-12(14,15)16/h1-3,6,8,17-19H,4-5H2. The molecule has 1 aromatic heterocycles. The third-order valence-electron chi connectivity index (χ3n) is 2.87. The van der Waals surface area contributed by atoms with Gasteiger partial charge in [-0.15, -0.1) is 0 Å². The van der Waals surface area contributed by atoms with E-state index in [0.717, 1.165) is 0 Å². The fourth-order valence-corrected chi connectivity index (χ4v) is 3.34. The van der Waals surface area contributed by atoms with E-state index in [-0.39, 0.29) is 4.90 Å². The molecule has 0 aliphatic rings. The number of hydrogen-bond donors (Lipinski definition) is 3. The lowest BCUT2D eigenvalue weighted by molar-refractivity contribution is -0.152. The summed E-state index contributed by atoms with van der Waals surface area (Å²) in [4.78, 5) is 2.59. The largest absolute Gasteiger partial charge is 0.391 e. The molecule has 22 heavy (non-hydrogen) atoms. The van der Waals surface area contributed by atoms with Crippen molar-refractivity contribution in [2.75, 3.05) is 6.54 Å². The number of alkyl halides is 3. The van der Waals surface area contributed by atoms with Gasteiger partial charge in [0, 0.05) is 28.7 Å². The minimum absolute atomic E-state index is 0.127. The zero-order valence-corrected chi connectivity index (χ0v) is 12.6. The summed E-state index contributed by atoms with van der Waals surface area (Å²) in [7, 11) is -4.06. The first kappa shape index (κ1) is 17.1. The molecule has 0 spiro atoms. The van der Waals surface area contributed by atoms with Gasteiger partial charge in [-0.1, -0.05) is 11.6 Å². The Morgan fingerprint density at radius 2 is 2.05 bits per heavy atom. The van der Waals surface area contributed by atoms with E-state index in [1.807, 2.05) is 4.72 Å². The molecule has 3 N–H and O–H groups in total. The van der Waals surface area contributed by atoms with E-state index in [9.17, 15) is 26.7 Å². The summed E-state index contributed by atoms with van der Waals surface area (Å²) in [6, 6.07) is 4.50. The van der Waals surface area contributed by atoms with Crippen molar-refractivity contribution in [3.63, 3.8) is 0 Å².